The zero-order valence-electron chi connectivity index (χ0n) is 17.6. The number of aliphatic imine (C=N–C) groups is 1. The van der Waals surface area contributed by atoms with Crippen LogP contribution in [-0.2, 0) is 0 Å². The molecule has 1 fully saturated rings. The molecule has 2 aliphatic rings. The van der Waals surface area contributed by atoms with Gasteiger partial charge in [-0.05, 0) is 103 Å². The Morgan fingerprint density at radius 2 is 1.96 bits per heavy atom. The van der Waals surface area contributed by atoms with E-state index in [0.717, 1.165) is 25.9 Å². The van der Waals surface area contributed by atoms with Crippen molar-refractivity contribution in [3.63, 3.8) is 0 Å². The highest BCUT2D eigenvalue weighted by atomic mass is 15.2. The molecule has 4 nitrogen and oxygen atoms in total. The third kappa shape index (κ3) is 5.05. The molecule has 0 amide bonds. The van der Waals surface area contributed by atoms with E-state index < -0.39 is 0 Å². The van der Waals surface area contributed by atoms with Gasteiger partial charge in [-0.25, -0.2) is 0 Å². The van der Waals surface area contributed by atoms with Crippen LogP contribution in [-0.4, -0.2) is 54.2 Å². The lowest BCUT2D eigenvalue weighted by Crippen LogP contribution is -2.44. The van der Waals surface area contributed by atoms with Crippen molar-refractivity contribution in [1.82, 2.24) is 14.8 Å². The molecule has 0 saturated carbocycles. The summed E-state index contributed by atoms with van der Waals surface area (Å²) in [6.45, 7) is 6.78. The van der Waals surface area contributed by atoms with Crippen molar-refractivity contribution in [3.05, 3.63) is 40.9 Å². The van der Waals surface area contributed by atoms with Gasteiger partial charge in [0.15, 0.2) is 0 Å². The standard InChI is InChI=1S/C23H36N4/c1-18-10-8-14-24-22(18)20-12-7-13-21(23-19(2)11-9-15-25-23)27(20)17-6-5-16-26(3)4/h8,10,14-15,20-21H,5-7,9,11-13,16-17H2,1-4H3/t20-,21+/m0/s1. The van der Waals surface area contributed by atoms with E-state index in [1.807, 2.05) is 6.20 Å². The summed E-state index contributed by atoms with van der Waals surface area (Å²) in [7, 11) is 4.32. The van der Waals surface area contributed by atoms with Crippen LogP contribution >= 0.6 is 0 Å². The zero-order chi connectivity index (χ0) is 19.2. The number of rotatable bonds is 7. The molecule has 1 aromatic rings. The third-order valence-corrected chi connectivity index (χ3v) is 6.02. The first-order chi connectivity index (χ1) is 13.1. The summed E-state index contributed by atoms with van der Waals surface area (Å²) >= 11 is 0. The summed E-state index contributed by atoms with van der Waals surface area (Å²) in [4.78, 5) is 14.7. The van der Waals surface area contributed by atoms with E-state index in [4.69, 9.17) is 9.98 Å². The Bertz CT molecular complexity index is 677. The smallest absolute Gasteiger partial charge is 0.0604 e. The van der Waals surface area contributed by atoms with Gasteiger partial charge in [-0.15, -0.1) is 0 Å². The fourth-order valence-electron chi connectivity index (χ4n) is 4.57. The molecule has 0 radical (unpaired) electrons. The van der Waals surface area contributed by atoms with Gasteiger partial charge in [-0.3, -0.25) is 14.9 Å². The molecule has 0 N–H and O–H groups in total. The van der Waals surface area contributed by atoms with E-state index in [1.165, 1.54) is 54.6 Å². The first-order valence-electron chi connectivity index (χ1n) is 10.6. The van der Waals surface area contributed by atoms with Crippen molar-refractivity contribution >= 4 is 6.21 Å². The van der Waals surface area contributed by atoms with Crippen LogP contribution < -0.4 is 0 Å². The molecule has 0 bridgehead atoms. The van der Waals surface area contributed by atoms with Gasteiger partial charge in [-0.2, -0.15) is 0 Å². The number of piperidine rings is 1. The van der Waals surface area contributed by atoms with E-state index in [9.17, 15) is 0 Å². The first-order valence-corrected chi connectivity index (χ1v) is 10.6. The SMILES string of the molecule is CC1=C([C@H]2CCC[C@@H](c3ncccc3C)N2CCCCN(C)C)N=CCC1. The quantitative estimate of drug-likeness (QED) is 0.650. The number of aryl methyl sites for hydroxylation is 1. The third-order valence-electron chi connectivity index (χ3n) is 6.02. The van der Waals surface area contributed by atoms with E-state index in [0.29, 0.717) is 12.1 Å². The van der Waals surface area contributed by atoms with Crippen LogP contribution in [0.3, 0.4) is 0 Å². The van der Waals surface area contributed by atoms with Gasteiger partial charge in [0.1, 0.15) is 0 Å². The highest BCUT2D eigenvalue weighted by Crippen LogP contribution is 2.39. The van der Waals surface area contributed by atoms with Crippen molar-refractivity contribution in [2.45, 2.75) is 70.9 Å². The predicted molar refractivity (Wildman–Crippen MR) is 114 cm³/mol. The fourth-order valence-corrected chi connectivity index (χ4v) is 4.57. The molecule has 0 spiro atoms. The van der Waals surface area contributed by atoms with E-state index >= 15 is 0 Å². The summed E-state index contributed by atoms with van der Waals surface area (Å²) < 4.78 is 0. The van der Waals surface area contributed by atoms with Gasteiger partial charge >= 0.3 is 0 Å². The Morgan fingerprint density at radius 1 is 1.15 bits per heavy atom. The second-order valence-corrected chi connectivity index (χ2v) is 8.43. The number of nitrogens with zero attached hydrogens (tertiary/aromatic N) is 4. The van der Waals surface area contributed by atoms with E-state index in [2.05, 4.69) is 56.1 Å². The lowest BCUT2D eigenvalue weighted by molar-refractivity contribution is 0.0944. The summed E-state index contributed by atoms with van der Waals surface area (Å²) in [6.07, 6.45) is 12.5. The van der Waals surface area contributed by atoms with E-state index in [1.54, 1.807) is 0 Å². The van der Waals surface area contributed by atoms with Crippen molar-refractivity contribution < 1.29 is 0 Å². The van der Waals surface area contributed by atoms with Gasteiger partial charge in [0, 0.05) is 12.4 Å². The van der Waals surface area contributed by atoms with Gasteiger partial charge in [0.25, 0.3) is 0 Å². The number of allylic oxidation sites excluding steroid dienone is 1. The Kier molecular flexibility index (Phi) is 7.20. The Morgan fingerprint density at radius 3 is 2.70 bits per heavy atom. The zero-order valence-corrected chi connectivity index (χ0v) is 17.6. The Balaban J connectivity index is 1.85. The second kappa shape index (κ2) is 9.61. The van der Waals surface area contributed by atoms with Gasteiger partial charge in [0.2, 0.25) is 0 Å². The number of pyridine rings is 1. The number of unbranched alkanes of at least 4 members (excludes halogenated alkanes) is 1. The molecular formula is C23H36N4. The summed E-state index contributed by atoms with van der Waals surface area (Å²) in [5.74, 6) is 0. The lowest BCUT2D eigenvalue weighted by atomic mass is 9.88. The molecule has 2 atom stereocenters. The predicted octanol–water partition coefficient (Wildman–Crippen LogP) is 4.77. The Labute approximate surface area is 165 Å². The summed E-state index contributed by atoms with van der Waals surface area (Å²) in [6, 6.07) is 5.13. The molecule has 3 heterocycles. The maximum absolute atomic E-state index is 4.88. The lowest BCUT2D eigenvalue weighted by Gasteiger charge is -2.43. The van der Waals surface area contributed by atoms with Crippen LogP contribution in [0.15, 0.2) is 34.6 Å². The molecule has 1 aromatic heterocycles. The van der Waals surface area contributed by atoms with Crippen LogP contribution in [0.2, 0.25) is 0 Å². The van der Waals surface area contributed by atoms with Crippen molar-refractivity contribution in [3.8, 4) is 0 Å². The number of likely N-dealkylation sites (tertiary alicyclic amines) is 1. The van der Waals surface area contributed by atoms with Crippen molar-refractivity contribution in [2.75, 3.05) is 27.2 Å². The highest BCUT2D eigenvalue weighted by molar-refractivity contribution is 5.62. The maximum Gasteiger partial charge on any atom is 0.0604 e. The molecule has 148 valence electrons. The van der Waals surface area contributed by atoms with Crippen LogP contribution in [0.5, 0.6) is 0 Å². The van der Waals surface area contributed by atoms with Gasteiger partial charge in [-0.1, -0.05) is 6.07 Å². The maximum atomic E-state index is 4.88. The Hall–Kier alpha value is -1.52. The van der Waals surface area contributed by atoms with Crippen LogP contribution in [0.1, 0.15) is 69.2 Å². The normalized spacial score (nSPS) is 24.0. The molecular weight excluding hydrogens is 332 g/mol. The van der Waals surface area contributed by atoms with Crippen LogP contribution in [0.25, 0.3) is 0 Å². The summed E-state index contributed by atoms with van der Waals surface area (Å²) in [5.41, 5.74) is 5.42. The number of hydrogen-bond acceptors (Lipinski definition) is 4. The van der Waals surface area contributed by atoms with Crippen LogP contribution in [0.4, 0.5) is 0 Å². The minimum atomic E-state index is 0.418. The number of hydrogen-bond donors (Lipinski definition) is 0. The monoisotopic (exact) mass is 368 g/mol. The molecule has 0 aromatic carbocycles. The van der Waals surface area contributed by atoms with Gasteiger partial charge in [0.05, 0.1) is 23.5 Å². The van der Waals surface area contributed by atoms with Crippen molar-refractivity contribution in [1.29, 1.82) is 0 Å². The van der Waals surface area contributed by atoms with Gasteiger partial charge < -0.3 is 4.90 Å². The molecule has 4 heteroatoms. The fraction of sp³-hybridized carbons (Fsp3) is 0.652. The topological polar surface area (TPSA) is 31.7 Å². The van der Waals surface area contributed by atoms with Crippen molar-refractivity contribution in [2.24, 2.45) is 4.99 Å². The minimum Gasteiger partial charge on any atom is -0.309 e. The second-order valence-electron chi connectivity index (χ2n) is 8.43. The highest BCUT2D eigenvalue weighted by Gasteiger charge is 2.35. The molecule has 0 aliphatic carbocycles. The average Bonchev–Trinajstić information content (AvgIpc) is 2.66. The minimum absolute atomic E-state index is 0.418. The number of aromatic nitrogens is 1. The molecule has 1 saturated heterocycles. The largest absolute Gasteiger partial charge is 0.309 e. The first kappa shape index (κ1) is 20.2. The molecule has 0 unspecified atom stereocenters. The summed E-state index contributed by atoms with van der Waals surface area (Å²) in [5, 5.41) is 0. The van der Waals surface area contributed by atoms with E-state index in [-0.39, 0.29) is 0 Å². The average molecular weight is 369 g/mol. The molecule has 3 rings (SSSR count). The molecule has 27 heavy (non-hydrogen) atoms. The molecule has 2 aliphatic heterocycles. The van der Waals surface area contributed by atoms with Crippen LogP contribution in [0, 0.1) is 6.92 Å².